The van der Waals surface area contributed by atoms with Crippen LogP contribution in [0.4, 0.5) is 0 Å². The molecule has 0 spiro atoms. The van der Waals surface area contributed by atoms with Gasteiger partial charge in [0.15, 0.2) is 5.82 Å². The molecule has 1 aromatic carbocycles. The molecular formula is C16H22N2O2. The summed E-state index contributed by atoms with van der Waals surface area (Å²) < 4.78 is 5.29. The first kappa shape index (κ1) is 14.7. The van der Waals surface area contributed by atoms with Crippen molar-refractivity contribution in [2.24, 2.45) is 0 Å². The molecule has 0 amide bonds. The Hall–Kier alpha value is -1.68. The van der Waals surface area contributed by atoms with Crippen LogP contribution < -0.4 is 0 Å². The standard InChI is InChI=1S/C16H22N2O2/c1-4-16(5-2,13-9-7-6-8-10-13)15-17-14(20-18-15)11-12(3)19/h6-10,12,19H,4-5,11H2,1-3H3. The second-order valence-corrected chi connectivity index (χ2v) is 5.22. The van der Waals surface area contributed by atoms with Crippen molar-refractivity contribution in [3.05, 3.63) is 47.6 Å². The van der Waals surface area contributed by atoms with E-state index >= 15 is 0 Å². The molecule has 1 unspecified atom stereocenters. The average molecular weight is 274 g/mol. The highest BCUT2D eigenvalue weighted by atomic mass is 16.5. The Balaban J connectivity index is 2.40. The highest BCUT2D eigenvalue weighted by molar-refractivity contribution is 5.32. The van der Waals surface area contributed by atoms with Gasteiger partial charge >= 0.3 is 0 Å². The Morgan fingerprint density at radius 2 is 1.85 bits per heavy atom. The summed E-state index contributed by atoms with van der Waals surface area (Å²) in [6.07, 6.45) is 1.73. The van der Waals surface area contributed by atoms with Crippen molar-refractivity contribution in [2.75, 3.05) is 0 Å². The molecule has 0 aliphatic heterocycles. The van der Waals surface area contributed by atoms with Crippen molar-refractivity contribution in [3.8, 4) is 0 Å². The molecule has 4 nitrogen and oxygen atoms in total. The molecule has 0 aliphatic rings. The fourth-order valence-corrected chi connectivity index (χ4v) is 2.65. The second-order valence-electron chi connectivity index (χ2n) is 5.22. The van der Waals surface area contributed by atoms with Gasteiger partial charge in [0.05, 0.1) is 17.9 Å². The van der Waals surface area contributed by atoms with Gasteiger partial charge in [0.25, 0.3) is 0 Å². The van der Waals surface area contributed by atoms with Crippen LogP contribution in [-0.4, -0.2) is 21.4 Å². The van der Waals surface area contributed by atoms with Crippen LogP contribution >= 0.6 is 0 Å². The molecular weight excluding hydrogens is 252 g/mol. The van der Waals surface area contributed by atoms with Crippen LogP contribution in [0.5, 0.6) is 0 Å². The van der Waals surface area contributed by atoms with Gasteiger partial charge in [-0.25, -0.2) is 0 Å². The molecule has 20 heavy (non-hydrogen) atoms. The van der Waals surface area contributed by atoms with Crippen molar-refractivity contribution in [1.82, 2.24) is 10.1 Å². The lowest BCUT2D eigenvalue weighted by Gasteiger charge is -2.28. The fraction of sp³-hybridized carbons (Fsp3) is 0.500. The molecule has 1 N–H and O–H groups in total. The molecule has 4 heteroatoms. The number of rotatable bonds is 6. The van der Waals surface area contributed by atoms with Gasteiger partial charge < -0.3 is 9.63 Å². The number of hydrogen-bond donors (Lipinski definition) is 1. The molecule has 0 bridgehead atoms. The summed E-state index contributed by atoms with van der Waals surface area (Å²) in [6, 6.07) is 10.3. The zero-order chi connectivity index (χ0) is 14.6. The van der Waals surface area contributed by atoms with Gasteiger partial charge in [-0.05, 0) is 25.3 Å². The van der Waals surface area contributed by atoms with E-state index in [0.717, 1.165) is 12.8 Å². The van der Waals surface area contributed by atoms with E-state index < -0.39 is 6.10 Å². The van der Waals surface area contributed by atoms with E-state index in [1.807, 2.05) is 18.2 Å². The van der Waals surface area contributed by atoms with E-state index in [1.54, 1.807) is 6.92 Å². The van der Waals surface area contributed by atoms with E-state index in [9.17, 15) is 5.11 Å². The monoisotopic (exact) mass is 274 g/mol. The van der Waals surface area contributed by atoms with Gasteiger partial charge in [0.1, 0.15) is 0 Å². The fourth-order valence-electron chi connectivity index (χ4n) is 2.65. The highest BCUT2D eigenvalue weighted by Crippen LogP contribution is 2.36. The zero-order valence-electron chi connectivity index (χ0n) is 12.3. The molecule has 2 rings (SSSR count). The third-order valence-electron chi connectivity index (χ3n) is 3.90. The number of aliphatic hydroxyl groups is 1. The van der Waals surface area contributed by atoms with Crippen molar-refractivity contribution in [3.63, 3.8) is 0 Å². The van der Waals surface area contributed by atoms with E-state index in [-0.39, 0.29) is 5.41 Å². The Morgan fingerprint density at radius 1 is 1.20 bits per heavy atom. The van der Waals surface area contributed by atoms with Crippen LogP contribution in [0.2, 0.25) is 0 Å². The number of hydrogen-bond acceptors (Lipinski definition) is 4. The van der Waals surface area contributed by atoms with Crippen molar-refractivity contribution in [1.29, 1.82) is 0 Å². The van der Waals surface area contributed by atoms with Crippen molar-refractivity contribution >= 4 is 0 Å². The first-order valence-electron chi connectivity index (χ1n) is 7.19. The van der Waals surface area contributed by atoms with Gasteiger partial charge in [0.2, 0.25) is 5.89 Å². The predicted molar refractivity (Wildman–Crippen MR) is 77.5 cm³/mol. The molecule has 108 valence electrons. The SMILES string of the molecule is CCC(CC)(c1ccccc1)c1noc(CC(C)O)n1. The largest absolute Gasteiger partial charge is 0.393 e. The third-order valence-corrected chi connectivity index (χ3v) is 3.90. The van der Waals surface area contributed by atoms with Gasteiger partial charge in [-0.2, -0.15) is 4.98 Å². The van der Waals surface area contributed by atoms with E-state index in [4.69, 9.17) is 4.52 Å². The first-order chi connectivity index (χ1) is 9.62. The molecule has 0 fully saturated rings. The van der Waals surface area contributed by atoms with Gasteiger partial charge in [0, 0.05) is 0 Å². The van der Waals surface area contributed by atoms with Crippen molar-refractivity contribution in [2.45, 2.75) is 51.6 Å². The maximum absolute atomic E-state index is 9.42. The normalized spacial score (nSPS) is 13.4. The maximum atomic E-state index is 9.42. The number of aromatic nitrogens is 2. The molecule has 2 aromatic rings. The summed E-state index contributed by atoms with van der Waals surface area (Å²) in [7, 11) is 0. The minimum atomic E-state index is -0.474. The zero-order valence-corrected chi connectivity index (χ0v) is 12.3. The van der Waals surface area contributed by atoms with E-state index in [0.29, 0.717) is 18.1 Å². The Kier molecular flexibility index (Phi) is 4.55. The Bertz CT molecular complexity index is 530. The minimum absolute atomic E-state index is 0.221. The summed E-state index contributed by atoms with van der Waals surface area (Å²) in [5.41, 5.74) is 0.983. The van der Waals surface area contributed by atoms with E-state index in [1.165, 1.54) is 5.56 Å². The van der Waals surface area contributed by atoms with Crippen LogP contribution in [0.25, 0.3) is 0 Å². The molecule has 0 saturated carbocycles. The maximum Gasteiger partial charge on any atom is 0.229 e. The minimum Gasteiger partial charge on any atom is -0.393 e. The lowest BCUT2D eigenvalue weighted by Crippen LogP contribution is -2.27. The summed E-state index contributed by atoms with van der Waals surface area (Å²) in [4.78, 5) is 4.50. The first-order valence-corrected chi connectivity index (χ1v) is 7.19. The van der Waals surface area contributed by atoms with Crippen molar-refractivity contribution < 1.29 is 9.63 Å². The van der Waals surface area contributed by atoms with Crippen LogP contribution in [-0.2, 0) is 11.8 Å². The van der Waals surface area contributed by atoms with Crippen LogP contribution in [0, 0.1) is 0 Å². The third kappa shape index (κ3) is 2.75. The van der Waals surface area contributed by atoms with Gasteiger partial charge in [-0.1, -0.05) is 49.3 Å². The summed E-state index contributed by atoms with van der Waals surface area (Å²) >= 11 is 0. The summed E-state index contributed by atoms with van der Waals surface area (Å²) in [5.74, 6) is 1.21. The molecule has 0 saturated heterocycles. The molecule has 1 atom stereocenters. The number of benzene rings is 1. The van der Waals surface area contributed by atoms with Gasteiger partial charge in [-0.15, -0.1) is 0 Å². The average Bonchev–Trinajstić information content (AvgIpc) is 2.90. The Labute approximate surface area is 119 Å². The molecule has 0 aliphatic carbocycles. The second kappa shape index (κ2) is 6.18. The number of aliphatic hydroxyl groups excluding tert-OH is 1. The van der Waals surface area contributed by atoms with Crippen LogP contribution in [0.3, 0.4) is 0 Å². The summed E-state index contributed by atoms with van der Waals surface area (Å²) in [5, 5.41) is 13.6. The molecule has 1 aromatic heterocycles. The smallest absolute Gasteiger partial charge is 0.229 e. The van der Waals surface area contributed by atoms with Crippen LogP contribution in [0.1, 0.15) is 50.9 Å². The quantitative estimate of drug-likeness (QED) is 0.879. The Morgan fingerprint density at radius 3 is 2.40 bits per heavy atom. The van der Waals surface area contributed by atoms with Crippen LogP contribution in [0.15, 0.2) is 34.9 Å². The summed E-state index contributed by atoms with van der Waals surface area (Å²) in [6.45, 7) is 6.00. The lowest BCUT2D eigenvalue weighted by molar-refractivity contribution is 0.181. The predicted octanol–water partition coefficient (Wildman–Crippen LogP) is 3.10. The molecule has 0 radical (unpaired) electrons. The van der Waals surface area contributed by atoms with Gasteiger partial charge in [-0.3, -0.25) is 0 Å². The lowest BCUT2D eigenvalue weighted by atomic mass is 9.75. The molecule has 1 heterocycles. The number of nitrogens with zero attached hydrogens (tertiary/aromatic N) is 2. The highest BCUT2D eigenvalue weighted by Gasteiger charge is 2.35. The topological polar surface area (TPSA) is 59.2 Å². The van der Waals surface area contributed by atoms with E-state index in [2.05, 4.69) is 36.1 Å².